The van der Waals surface area contributed by atoms with Crippen molar-refractivity contribution in [2.24, 2.45) is 0 Å². The molecule has 4 nitrogen and oxygen atoms in total. The molecule has 1 N–H and O–H groups in total. The number of nitrogens with one attached hydrogen (secondary N) is 1. The number of rotatable bonds is 3. The van der Waals surface area contributed by atoms with Crippen molar-refractivity contribution < 1.29 is 13.2 Å². The van der Waals surface area contributed by atoms with E-state index in [0.717, 1.165) is 12.3 Å². The van der Waals surface area contributed by atoms with Gasteiger partial charge in [-0.15, -0.1) is 0 Å². The topological polar surface area (TPSA) is 50.7 Å². The molecule has 0 saturated heterocycles. The fraction of sp³-hybridized carbons (Fsp3) is 0.250. The summed E-state index contributed by atoms with van der Waals surface area (Å²) in [5.41, 5.74) is -0.276. The molecule has 0 amide bonds. The SMILES string of the molecule is CC(Nc1nccc(C(F)(F)F)n1)c1ccccn1. The molecule has 1 unspecified atom stereocenters. The molecule has 2 rings (SSSR count). The van der Waals surface area contributed by atoms with Gasteiger partial charge in [-0.1, -0.05) is 6.07 Å². The normalized spacial score (nSPS) is 13.1. The van der Waals surface area contributed by atoms with Crippen molar-refractivity contribution in [3.63, 3.8) is 0 Å². The van der Waals surface area contributed by atoms with Gasteiger partial charge < -0.3 is 5.32 Å². The highest BCUT2D eigenvalue weighted by Gasteiger charge is 2.32. The van der Waals surface area contributed by atoms with Gasteiger partial charge in [0.15, 0.2) is 0 Å². The first-order valence-corrected chi connectivity index (χ1v) is 5.54. The predicted molar refractivity (Wildman–Crippen MR) is 63.3 cm³/mol. The first kappa shape index (κ1) is 13.3. The Bertz CT molecular complexity index is 542. The van der Waals surface area contributed by atoms with Crippen LogP contribution in [-0.4, -0.2) is 15.0 Å². The molecule has 2 aromatic heterocycles. The van der Waals surface area contributed by atoms with E-state index in [1.54, 1.807) is 31.3 Å². The summed E-state index contributed by atoms with van der Waals surface area (Å²) >= 11 is 0. The molecule has 2 aromatic rings. The Labute approximate surface area is 107 Å². The number of halogens is 3. The van der Waals surface area contributed by atoms with E-state index in [-0.39, 0.29) is 12.0 Å². The number of nitrogens with zero attached hydrogens (tertiary/aromatic N) is 3. The lowest BCUT2D eigenvalue weighted by Gasteiger charge is -2.14. The lowest BCUT2D eigenvalue weighted by Crippen LogP contribution is -2.14. The molecule has 2 heterocycles. The maximum atomic E-state index is 12.5. The van der Waals surface area contributed by atoms with Crippen LogP contribution in [0.15, 0.2) is 36.7 Å². The molecule has 19 heavy (non-hydrogen) atoms. The van der Waals surface area contributed by atoms with Crippen molar-refractivity contribution in [2.75, 3.05) is 5.32 Å². The minimum atomic E-state index is -4.48. The van der Waals surface area contributed by atoms with Crippen molar-refractivity contribution in [1.82, 2.24) is 15.0 Å². The zero-order valence-electron chi connectivity index (χ0n) is 10.0. The lowest BCUT2D eigenvalue weighted by molar-refractivity contribution is -0.141. The third kappa shape index (κ3) is 3.40. The maximum Gasteiger partial charge on any atom is 0.433 e. The van der Waals surface area contributed by atoms with Crippen molar-refractivity contribution in [2.45, 2.75) is 19.1 Å². The highest BCUT2D eigenvalue weighted by Crippen LogP contribution is 2.28. The molecular weight excluding hydrogens is 257 g/mol. The Morgan fingerprint density at radius 1 is 1.11 bits per heavy atom. The minimum Gasteiger partial charge on any atom is -0.346 e. The molecule has 0 radical (unpaired) electrons. The molecule has 0 spiro atoms. The fourth-order valence-corrected chi connectivity index (χ4v) is 1.49. The number of hydrogen-bond acceptors (Lipinski definition) is 4. The van der Waals surface area contributed by atoms with Gasteiger partial charge >= 0.3 is 6.18 Å². The predicted octanol–water partition coefficient (Wildman–Crippen LogP) is 3.06. The first-order chi connectivity index (χ1) is 8.97. The Morgan fingerprint density at radius 3 is 2.53 bits per heavy atom. The second kappa shape index (κ2) is 5.21. The highest BCUT2D eigenvalue weighted by molar-refractivity contribution is 5.30. The maximum absolute atomic E-state index is 12.5. The third-order valence-electron chi connectivity index (χ3n) is 2.42. The van der Waals surface area contributed by atoms with E-state index in [2.05, 4.69) is 20.3 Å². The summed E-state index contributed by atoms with van der Waals surface area (Å²) in [5, 5.41) is 2.79. The van der Waals surface area contributed by atoms with Crippen LogP contribution in [0.4, 0.5) is 19.1 Å². The molecule has 0 fully saturated rings. The second-order valence-corrected chi connectivity index (χ2v) is 3.88. The Hall–Kier alpha value is -2.18. The van der Waals surface area contributed by atoms with Gasteiger partial charge in [0.2, 0.25) is 5.95 Å². The van der Waals surface area contributed by atoms with Gasteiger partial charge in [0.25, 0.3) is 0 Å². The average Bonchev–Trinajstić information content (AvgIpc) is 2.39. The lowest BCUT2D eigenvalue weighted by atomic mass is 10.2. The first-order valence-electron chi connectivity index (χ1n) is 5.54. The zero-order valence-corrected chi connectivity index (χ0v) is 10.0. The minimum absolute atomic E-state index is 0.0759. The summed E-state index contributed by atoms with van der Waals surface area (Å²) in [6.07, 6.45) is -1.79. The van der Waals surface area contributed by atoms with Gasteiger partial charge in [-0.25, -0.2) is 9.97 Å². The van der Waals surface area contributed by atoms with Crippen LogP contribution in [0.5, 0.6) is 0 Å². The molecule has 0 saturated carbocycles. The molecular formula is C12H11F3N4. The standard InChI is InChI=1S/C12H11F3N4/c1-8(9-4-2-3-6-16-9)18-11-17-7-5-10(19-11)12(13,14)15/h2-8H,1H3,(H,17,18,19). The molecule has 0 aliphatic rings. The Balaban J connectivity index is 2.16. The van der Waals surface area contributed by atoms with Gasteiger partial charge in [0.1, 0.15) is 5.69 Å². The van der Waals surface area contributed by atoms with Gasteiger partial charge in [-0.3, -0.25) is 4.98 Å². The zero-order chi connectivity index (χ0) is 13.9. The molecule has 7 heteroatoms. The van der Waals surface area contributed by atoms with Gasteiger partial charge in [0.05, 0.1) is 11.7 Å². The fourth-order valence-electron chi connectivity index (χ4n) is 1.49. The number of aromatic nitrogens is 3. The van der Waals surface area contributed by atoms with Crippen molar-refractivity contribution in [3.8, 4) is 0 Å². The van der Waals surface area contributed by atoms with Crippen molar-refractivity contribution in [1.29, 1.82) is 0 Å². The van der Waals surface area contributed by atoms with Crippen LogP contribution in [0, 0.1) is 0 Å². The van der Waals surface area contributed by atoms with E-state index in [1.165, 1.54) is 0 Å². The average molecular weight is 268 g/mol. The molecule has 100 valence electrons. The van der Waals surface area contributed by atoms with E-state index in [0.29, 0.717) is 5.69 Å². The van der Waals surface area contributed by atoms with Gasteiger partial charge in [-0.2, -0.15) is 13.2 Å². The van der Waals surface area contributed by atoms with Crippen LogP contribution < -0.4 is 5.32 Å². The molecule has 0 aromatic carbocycles. The molecule has 0 aliphatic carbocycles. The quantitative estimate of drug-likeness (QED) is 0.929. The van der Waals surface area contributed by atoms with E-state index < -0.39 is 11.9 Å². The summed E-state index contributed by atoms with van der Waals surface area (Å²) in [6, 6.07) is 5.87. The summed E-state index contributed by atoms with van der Waals surface area (Å²) < 4.78 is 37.5. The third-order valence-corrected chi connectivity index (χ3v) is 2.42. The number of pyridine rings is 1. The summed E-state index contributed by atoms with van der Waals surface area (Å²) in [5.74, 6) is -0.0759. The van der Waals surface area contributed by atoms with Crippen LogP contribution in [0.25, 0.3) is 0 Å². The summed E-state index contributed by atoms with van der Waals surface area (Å²) in [6.45, 7) is 1.77. The Morgan fingerprint density at radius 2 is 1.89 bits per heavy atom. The highest BCUT2D eigenvalue weighted by atomic mass is 19.4. The van der Waals surface area contributed by atoms with Crippen LogP contribution in [0.1, 0.15) is 24.4 Å². The second-order valence-electron chi connectivity index (χ2n) is 3.88. The number of hydrogen-bond donors (Lipinski definition) is 1. The molecule has 0 bridgehead atoms. The van der Waals surface area contributed by atoms with E-state index in [4.69, 9.17) is 0 Å². The van der Waals surface area contributed by atoms with Gasteiger partial charge in [-0.05, 0) is 25.1 Å². The van der Waals surface area contributed by atoms with Gasteiger partial charge in [0, 0.05) is 12.4 Å². The van der Waals surface area contributed by atoms with Crippen LogP contribution in [-0.2, 0) is 6.18 Å². The van der Waals surface area contributed by atoms with E-state index in [9.17, 15) is 13.2 Å². The molecule has 0 aliphatic heterocycles. The van der Waals surface area contributed by atoms with Crippen LogP contribution >= 0.6 is 0 Å². The molecule has 1 atom stereocenters. The van der Waals surface area contributed by atoms with Crippen LogP contribution in [0.3, 0.4) is 0 Å². The monoisotopic (exact) mass is 268 g/mol. The smallest absolute Gasteiger partial charge is 0.346 e. The largest absolute Gasteiger partial charge is 0.433 e. The number of anilines is 1. The van der Waals surface area contributed by atoms with E-state index >= 15 is 0 Å². The number of alkyl halides is 3. The van der Waals surface area contributed by atoms with Crippen molar-refractivity contribution >= 4 is 5.95 Å². The Kier molecular flexibility index (Phi) is 3.64. The van der Waals surface area contributed by atoms with E-state index in [1.807, 2.05) is 0 Å². The van der Waals surface area contributed by atoms with Crippen molar-refractivity contribution in [3.05, 3.63) is 48.0 Å². The summed E-state index contributed by atoms with van der Waals surface area (Å²) in [7, 11) is 0. The summed E-state index contributed by atoms with van der Waals surface area (Å²) in [4.78, 5) is 11.3. The van der Waals surface area contributed by atoms with Crippen LogP contribution in [0.2, 0.25) is 0 Å².